The zero-order chi connectivity index (χ0) is 8.27. The van der Waals surface area contributed by atoms with Crippen LogP contribution in [0.5, 0.6) is 0 Å². The van der Waals surface area contributed by atoms with Gasteiger partial charge >= 0.3 is 0 Å². The maximum Gasteiger partial charge on any atom is 0.200 e. The van der Waals surface area contributed by atoms with Crippen LogP contribution in [0.3, 0.4) is 0 Å². The van der Waals surface area contributed by atoms with E-state index in [1.54, 1.807) is 0 Å². The molecule has 0 bridgehead atoms. The molecule has 0 aliphatic heterocycles. The van der Waals surface area contributed by atoms with Gasteiger partial charge in [0.1, 0.15) is 0 Å². The summed E-state index contributed by atoms with van der Waals surface area (Å²) in [5, 5.41) is 0. The summed E-state index contributed by atoms with van der Waals surface area (Å²) in [5.74, 6) is 0.635. The zero-order valence-corrected chi connectivity index (χ0v) is 7.17. The molecule has 2 N–H and O–H groups in total. The van der Waals surface area contributed by atoms with E-state index in [0.29, 0.717) is 5.95 Å². The van der Waals surface area contributed by atoms with Crippen molar-refractivity contribution < 1.29 is 0 Å². The quantitative estimate of drug-likeness (QED) is 0.716. The lowest BCUT2D eigenvalue weighted by Gasteiger charge is -2.00. The molecule has 0 saturated heterocycles. The molecule has 3 heteroatoms. The molecule has 11 heavy (non-hydrogen) atoms. The number of rotatable bonds is 3. The molecule has 0 saturated carbocycles. The van der Waals surface area contributed by atoms with E-state index in [9.17, 15) is 0 Å². The minimum atomic E-state index is 0.635. The number of hydrogen-bond donors (Lipinski definition) is 1. The number of aromatic nitrogens is 2. The highest BCUT2D eigenvalue weighted by atomic mass is 15.1. The summed E-state index contributed by atoms with van der Waals surface area (Å²) in [6.45, 7) is 5.11. The number of anilines is 1. The molecule has 1 rings (SSSR count). The van der Waals surface area contributed by atoms with E-state index < -0.39 is 0 Å². The molecule has 0 aromatic carbocycles. The zero-order valence-electron chi connectivity index (χ0n) is 7.17. The summed E-state index contributed by atoms with van der Waals surface area (Å²) in [5.41, 5.74) is 6.63. The molecule has 0 aliphatic rings. The molecular formula is C8H15N3. The van der Waals surface area contributed by atoms with Gasteiger partial charge in [0, 0.05) is 12.7 Å². The maximum atomic E-state index is 5.63. The Kier molecular flexibility index (Phi) is 2.52. The van der Waals surface area contributed by atoms with E-state index in [4.69, 9.17) is 5.73 Å². The molecule has 0 fully saturated rings. The van der Waals surface area contributed by atoms with Crippen LogP contribution in [0.4, 0.5) is 5.95 Å². The SMILES string of the molecule is CCCCn1cc(C)nc1N. The van der Waals surface area contributed by atoms with Gasteiger partial charge in [-0.25, -0.2) is 4.98 Å². The van der Waals surface area contributed by atoms with Crippen molar-refractivity contribution in [2.45, 2.75) is 33.2 Å². The second kappa shape index (κ2) is 3.42. The van der Waals surface area contributed by atoms with Gasteiger partial charge in [0.05, 0.1) is 5.69 Å². The summed E-state index contributed by atoms with van der Waals surface area (Å²) in [6, 6.07) is 0. The van der Waals surface area contributed by atoms with Crippen molar-refractivity contribution in [1.82, 2.24) is 9.55 Å². The monoisotopic (exact) mass is 153 g/mol. The van der Waals surface area contributed by atoms with Crippen LogP contribution < -0.4 is 5.73 Å². The van der Waals surface area contributed by atoms with Crippen LogP contribution in [0.15, 0.2) is 6.20 Å². The second-order valence-corrected chi connectivity index (χ2v) is 2.79. The molecule has 0 spiro atoms. The average molecular weight is 153 g/mol. The Balaban J connectivity index is 2.62. The minimum absolute atomic E-state index is 0.635. The number of hydrogen-bond acceptors (Lipinski definition) is 2. The fourth-order valence-electron chi connectivity index (χ4n) is 1.07. The van der Waals surface area contributed by atoms with Crippen molar-refractivity contribution in [3.63, 3.8) is 0 Å². The first-order valence-electron chi connectivity index (χ1n) is 4.03. The van der Waals surface area contributed by atoms with Gasteiger partial charge in [-0.15, -0.1) is 0 Å². The molecular weight excluding hydrogens is 138 g/mol. The van der Waals surface area contributed by atoms with Crippen molar-refractivity contribution in [2.75, 3.05) is 5.73 Å². The summed E-state index contributed by atoms with van der Waals surface area (Å²) in [7, 11) is 0. The highest BCUT2D eigenvalue weighted by Gasteiger charge is 1.98. The number of unbranched alkanes of at least 4 members (excludes halogenated alkanes) is 1. The smallest absolute Gasteiger partial charge is 0.200 e. The Hall–Kier alpha value is -0.990. The summed E-state index contributed by atoms with van der Waals surface area (Å²) < 4.78 is 2.00. The molecule has 0 atom stereocenters. The Bertz CT molecular complexity index is 227. The summed E-state index contributed by atoms with van der Waals surface area (Å²) >= 11 is 0. The third-order valence-electron chi connectivity index (χ3n) is 1.68. The highest BCUT2D eigenvalue weighted by Crippen LogP contribution is 2.05. The third-order valence-corrected chi connectivity index (χ3v) is 1.68. The van der Waals surface area contributed by atoms with Crippen LogP contribution in [0.2, 0.25) is 0 Å². The lowest BCUT2D eigenvalue weighted by molar-refractivity contribution is 0.638. The summed E-state index contributed by atoms with van der Waals surface area (Å²) in [4.78, 5) is 4.10. The maximum absolute atomic E-state index is 5.63. The average Bonchev–Trinajstić information content (AvgIpc) is 2.26. The van der Waals surface area contributed by atoms with E-state index in [1.165, 1.54) is 12.8 Å². The second-order valence-electron chi connectivity index (χ2n) is 2.79. The van der Waals surface area contributed by atoms with Gasteiger partial charge in [-0.1, -0.05) is 13.3 Å². The Morgan fingerprint density at radius 1 is 1.64 bits per heavy atom. The first-order valence-corrected chi connectivity index (χ1v) is 4.03. The molecule has 0 aliphatic carbocycles. The van der Waals surface area contributed by atoms with Crippen molar-refractivity contribution in [2.24, 2.45) is 0 Å². The van der Waals surface area contributed by atoms with E-state index in [1.807, 2.05) is 17.7 Å². The topological polar surface area (TPSA) is 43.8 Å². The Labute approximate surface area is 67.2 Å². The van der Waals surface area contributed by atoms with Gasteiger partial charge in [0.2, 0.25) is 0 Å². The van der Waals surface area contributed by atoms with Crippen LogP contribution in [0, 0.1) is 6.92 Å². The Morgan fingerprint density at radius 3 is 2.82 bits per heavy atom. The van der Waals surface area contributed by atoms with Crippen LogP contribution >= 0.6 is 0 Å². The predicted octanol–water partition coefficient (Wildman–Crippen LogP) is 1.57. The highest BCUT2D eigenvalue weighted by molar-refractivity contribution is 5.20. The van der Waals surface area contributed by atoms with Crippen molar-refractivity contribution >= 4 is 5.95 Å². The molecule has 0 radical (unpaired) electrons. The normalized spacial score (nSPS) is 10.4. The van der Waals surface area contributed by atoms with E-state index in [-0.39, 0.29) is 0 Å². The first kappa shape index (κ1) is 8.11. The standard InChI is InChI=1S/C8H15N3/c1-3-4-5-11-6-7(2)10-8(11)9/h6H,3-5H2,1-2H3,(H2,9,10). The van der Waals surface area contributed by atoms with Crippen LogP contribution in [-0.4, -0.2) is 9.55 Å². The van der Waals surface area contributed by atoms with Gasteiger partial charge in [0.25, 0.3) is 0 Å². The largest absolute Gasteiger partial charge is 0.369 e. The number of nitrogens with zero attached hydrogens (tertiary/aromatic N) is 2. The van der Waals surface area contributed by atoms with E-state index in [2.05, 4.69) is 11.9 Å². The number of nitrogens with two attached hydrogens (primary N) is 1. The van der Waals surface area contributed by atoms with Crippen molar-refractivity contribution in [3.8, 4) is 0 Å². The fourth-order valence-corrected chi connectivity index (χ4v) is 1.07. The lowest BCUT2D eigenvalue weighted by Crippen LogP contribution is -2.01. The molecule has 62 valence electrons. The predicted molar refractivity (Wildman–Crippen MR) is 46.3 cm³/mol. The Morgan fingerprint density at radius 2 is 2.36 bits per heavy atom. The van der Waals surface area contributed by atoms with Crippen molar-refractivity contribution in [1.29, 1.82) is 0 Å². The molecule has 1 heterocycles. The van der Waals surface area contributed by atoms with Gasteiger partial charge in [-0.05, 0) is 13.3 Å². The van der Waals surface area contributed by atoms with Crippen LogP contribution in [0.1, 0.15) is 25.5 Å². The first-order chi connectivity index (χ1) is 5.24. The number of aryl methyl sites for hydroxylation is 2. The number of imidazole rings is 1. The molecule has 1 aromatic heterocycles. The fraction of sp³-hybridized carbons (Fsp3) is 0.625. The van der Waals surface area contributed by atoms with Gasteiger partial charge < -0.3 is 10.3 Å². The minimum Gasteiger partial charge on any atom is -0.369 e. The summed E-state index contributed by atoms with van der Waals surface area (Å²) in [6.07, 6.45) is 4.35. The lowest BCUT2D eigenvalue weighted by atomic mass is 10.3. The van der Waals surface area contributed by atoms with Gasteiger partial charge in [0.15, 0.2) is 5.95 Å². The van der Waals surface area contributed by atoms with Crippen molar-refractivity contribution in [3.05, 3.63) is 11.9 Å². The molecule has 3 nitrogen and oxygen atoms in total. The molecule has 0 amide bonds. The number of nitrogen functional groups attached to an aromatic ring is 1. The van der Waals surface area contributed by atoms with Gasteiger partial charge in [-0.2, -0.15) is 0 Å². The van der Waals surface area contributed by atoms with E-state index in [0.717, 1.165) is 12.2 Å². The molecule has 0 unspecified atom stereocenters. The van der Waals surface area contributed by atoms with Crippen LogP contribution in [-0.2, 0) is 6.54 Å². The van der Waals surface area contributed by atoms with Crippen LogP contribution in [0.25, 0.3) is 0 Å². The van der Waals surface area contributed by atoms with Gasteiger partial charge in [-0.3, -0.25) is 0 Å². The molecule has 1 aromatic rings. The third kappa shape index (κ3) is 1.97. The van der Waals surface area contributed by atoms with E-state index >= 15 is 0 Å².